The first-order valence-corrected chi connectivity index (χ1v) is 13.9. The van der Waals surface area contributed by atoms with Gasteiger partial charge >= 0.3 is 0 Å². The number of hydrogen-bond donors (Lipinski definition) is 0. The fourth-order valence-electron chi connectivity index (χ4n) is 4.29. The van der Waals surface area contributed by atoms with E-state index in [0.717, 1.165) is 45.6 Å². The number of ether oxygens (including phenoxy) is 4. The van der Waals surface area contributed by atoms with Gasteiger partial charge in [-0.15, -0.1) is 0 Å². The van der Waals surface area contributed by atoms with Crippen LogP contribution in [0.4, 0.5) is 0 Å². The molecule has 1 aliphatic rings. The fraction of sp³-hybridized carbons (Fsp3) is 0.212. The lowest BCUT2D eigenvalue weighted by Gasteiger charge is -2.20. The van der Waals surface area contributed by atoms with Crippen LogP contribution in [0.1, 0.15) is 46.5 Å². The Balaban J connectivity index is 0.00000181. The molecule has 0 fully saturated rings. The number of hydrogen-bond acceptors (Lipinski definition) is 6. The lowest BCUT2D eigenvalue weighted by atomic mass is 9.96. The van der Waals surface area contributed by atoms with Crippen LogP contribution in [-0.4, -0.2) is 19.5 Å². The number of rotatable bonds is 8. The molecule has 0 aromatic heterocycles. The maximum absolute atomic E-state index is 11.7. The molecule has 204 valence electrons. The lowest BCUT2D eigenvalue weighted by Crippen LogP contribution is -2.15. The lowest BCUT2D eigenvalue weighted by molar-refractivity contribution is 0.111. The van der Waals surface area contributed by atoms with Crippen LogP contribution in [0.3, 0.4) is 0 Å². The molecule has 0 radical (unpaired) electrons. The highest BCUT2D eigenvalue weighted by atomic mass is 79.9. The third-order valence-electron chi connectivity index (χ3n) is 6.32. The van der Waals surface area contributed by atoms with Gasteiger partial charge in [-0.25, -0.2) is 0 Å². The van der Waals surface area contributed by atoms with Crippen LogP contribution in [-0.2, 0) is 13.2 Å². The van der Waals surface area contributed by atoms with E-state index in [1.807, 2.05) is 50.2 Å². The Bertz CT molecular complexity index is 1540. The van der Waals surface area contributed by atoms with Crippen LogP contribution in [0, 0.1) is 18.3 Å². The Morgan fingerprint density at radius 2 is 1.65 bits per heavy atom. The Morgan fingerprint density at radius 1 is 0.900 bits per heavy atom. The second kappa shape index (κ2) is 13.7. The van der Waals surface area contributed by atoms with Crippen molar-refractivity contribution in [3.05, 3.63) is 105 Å². The van der Waals surface area contributed by atoms with Crippen molar-refractivity contribution in [2.75, 3.05) is 13.2 Å². The second-order valence-corrected chi connectivity index (χ2v) is 9.63. The van der Waals surface area contributed by atoms with Gasteiger partial charge in [0.2, 0.25) is 0 Å². The number of carbonyl (C=O) groups is 1. The molecule has 40 heavy (non-hydrogen) atoms. The SMILES string of the molecule is CC.Cc1c(COc2cc(OCc3cccc(C#N)c3)c(C=O)cc2Br)cccc1-c1ccc2c(c1)OCCO2. The molecular weight excluding hydrogens is 570 g/mol. The smallest absolute Gasteiger partial charge is 0.161 e. The first-order valence-electron chi connectivity index (χ1n) is 13.1. The Kier molecular flexibility index (Phi) is 9.82. The summed E-state index contributed by atoms with van der Waals surface area (Å²) in [6, 6.07) is 24.8. The van der Waals surface area contributed by atoms with Crippen LogP contribution >= 0.6 is 15.9 Å². The van der Waals surface area contributed by atoms with Gasteiger partial charge in [-0.1, -0.05) is 50.2 Å². The topological polar surface area (TPSA) is 77.8 Å². The molecule has 6 nitrogen and oxygen atoms in total. The molecule has 0 aliphatic carbocycles. The van der Waals surface area contributed by atoms with Crippen LogP contribution < -0.4 is 18.9 Å². The van der Waals surface area contributed by atoms with Gasteiger partial charge in [0, 0.05) is 6.07 Å². The van der Waals surface area contributed by atoms with Crippen LogP contribution in [0.25, 0.3) is 11.1 Å². The molecule has 0 unspecified atom stereocenters. The van der Waals surface area contributed by atoms with Gasteiger partial charge in [0.05, 0.1) is 21.7 Å². The largest absolute Gasteiger partial charge is 0.488 e. The molecule has 0 amide bonds. The number of aldehydes is 1. The Morgan fingerprint density at radius 3 is 2.42 bits per heavy atom. The molecule has 4 aromatic rings. The summed E-state index contributed by atoms with van der Waals surface area (Å²) in [5.74, 6) is 2.47. The molecule has 0 bridgehead atoms. The summed E-state index contributed by atoms with van der Waals surface area (Å²) in [5, 5.41) is 9.13. The molecule has 1 aliphatic heterocycles. The molecule has 7 heteroatoms. The van der Waals surface area contributed by atoms with E-state index in [2.05, 4.69) is 35.0 Å². The highest BCUT2D eigenvalue weighted by Gasteiger charge is 2.16. The first-order chi connectivity index (χ1) is 19.6. The number of nitrogens with zero attached hydrogens (tertiary/aromatic N) is 1. The van der Waals surface area contributed by atoms with Gasteiger partial charge in [-0.05, 0) is 81.0 Å². The minimum Gasteiger partial charge on any atom is -0.488 e. The van der Waals surface area contributed by atoms with Gasteiger partial charge in [0.15, 0.2) is 17.8 Å². The van der Waals surface area contributed by atoms with E-state index in [1.165, 1.54) is 0 Å². The van der Waals surface area contributed by atoms with Gasteiger partial charge in [0.25, 0.3) is 0 Å². The van der Waals surface area contributed by atoms with Crippen molar-refractivity contribution in [1.82, 2.24) is 0 Å². The van der Waals surface area contributed by atoms with Crippen molar-refractivity contribution in [3.8, 4) is 40.2 Å². The van der Waals surface area contributed by atoms with E-state index in [1.54, 1.807) is 30.3 Å². The predicted molar refractivity (Wildman–Crippen MR) is 158 cm³/mol. The first kappa shape index (κ1) is 28.7. The van der Waals surface area contributed by atoms with E-state index >= 15 is 0 Å². The molecule has 0 saturated heterocycles. The van der Waals surface area contributed by atoms with Crippen LogP contribution in [0.5, 0.6) is 23.0 Å². The number of carbonyl (C=O) groups excluding carboxylic acids is 1. The molecule has 4 aromatic carbocycles. The molecule has 0 N–H and O–H groups in total. The summed E-state index contributed by atoms with van der Waals surface area (Å²) in [6.45, 7) is 7.71. The van der Waals surface area contributed by atoms with E-state index in [4.69, 9.17) is 24.2 Å². The zero-order chi connectivity index (χ0) is 28.5. The highest BCUT2D eigenvalue weighted by Crippen LogP contribution is 2.37. The van der Waals surface area contributed by atoms with E-state index in [-0.39, 0.29) is 6.61 Å². The van der Waals surface area contributed by atoms with Gasteiger partial charge in [0.1, 0.15) is 37.9 Å². The molecule has 0 saturated carbocycles. The molecule has 5 rings (SSSR count). The summed E-state index contributed by atoms with van der Waals surface area (Å²) in [5.41, 5.74) is 6.03. The van der Waals surface area contributed by atoms with Crippen LogP contribution in [0.2, 0.25) is 0 Å². The zero-order valence-corrected chi connectivity index (χ0v) is 24.3. The second-order valence-electron chi connectivity index (χ2n) is 8.78. The number of fused-ring (bicyclic) bond motifs is 1. The fourth-order valence-corrected chi connectivity index (χ4v) is 4.76. The van der Waals surface area contributed by atoms with Crippen molar-refractivity contribution < 1.29 is 23.7 Å². The zero-order valence-electron chi connectivity index (χ0n) is 22.7. The molecule has 0 spiro atoms. The van der Waals surface area contributed by atoms with Crippen molar-refractivity contribution in [1.29, 1.82) is 5.26 Å². The van der Waals surface area contributed by atoms with Gasteiger partial charge in [-0.3, -0.25) is 4.79 Å². The Hall–Kier alpha value is -4.28. The highest BCUT2D eigenvalue weighted by molar-refractivity contribution is 9.10. The van der Waals surface area contributed by atoms with Crippen molar-refractivity contribution in [2.24, 2.45) is 0 Å². The monoisotopic (exact) mass is 599 g/mol. The van der Waals surface area contributed by atoms with Gasteiger partial charge < -0.3 is 18.9 Å². The molecule has 1 heterocycles. The quantitative estimate of drug-likeness (QED) is 0.191. The minimum absolute atomic E-state index is 0.216. The molecule has 0 atom stereocenters. The number of halogens is 1. The third kappa shape index (κ3) is 6.64. The minimum atomic E-state index is 0.216. The number of nitriles is 1. The number of benzene rings is 4. The van der Waals surface area contributed by atoms with Crippen LogP contribution in [0.15, 0.2) is 77.3 Å². The maximum atomic E-state index is 11.7. The normalized spacial score (nSPS) is 11.5. The van der Waals surface area contributed by atoms with Gasteiger partial charge in [-0.2, -0.15) is 5.26 Å². The van der Waals surface area contributed by atoms with Crippen molar-refractivity contribution >= 4 is 22.2 Å². The standard InChI is InChI=1S/C31H24BrNO5.C2H6/c1-20-24(6-3-7-26(20)23-8-9-28-31(14-23)36-11-10-35-28)19-38-30-15-29(25(17-34)13-27(30)32)37-18-22-5-2-4-21(12-22)16-33;1-2/h2-9,12-15,17H,10-11,18-19H2,1H3;1-2H3. The van der Waals surface area contributed by atoms with E-state index < -0.39 is 0 Å². The average Bonchev–Trinajstić information content (AvgIpc) is 3.01. The summed E-state index contributed by atoms with van der Waals surface area (Å²) in [7, 11) is 0. The van der Waals surface area contributed by atoms with E-state index in [0.29, 0.717) is 46.9 Å². The third-order valence-corrected chi connectivity index (χ3v) is 6.94. The summed E-state index contributed by atoms with van der Waals surface area (Å²) in [6.07, 6.45) is 0.747. The maximum Gasteiger partial charge on any atom is 0.161 e. The average molecular weight is 601 g/mol. The summed E-state index contributed by atoms with van der Waals surface area (Å²) in [4.78, 5) is 11.7. The Labute approximate surface area is 243 Å². The summed E-state index contributed by atoms with van der Waals surface area (Å²) >= 11 is 3.51. The molecular formula is C33H30BrNO5. The van der Waals surface area contributed by atoms with Crippen molar-refractivity contribution in [3.63, 3.8) is 0 Å². The van der Waals surface area contributed by atoms with E-state index in [9.17, 15) is 4.79 Å². The van der Waals surface area contributed by atoms with Crippen molar-refractivity contribution in [2.45, 2.75) is 34.0 Å². The summed E-state index contributed by atoms with van der Waals surface area (Å²) < 4.78 is 24.2. The predicted octanol–water partition coefficient (Wildman–Crippen LogP) is 8.06.